The van der Waals surface area contributed by atoms with Crippen molar-refractivity contribution in [2.75, 3.05) is 11.9 Å². The van der Waals surface area contributed by atoms with E-state index in [9.17, 15) is 4.79 Å². The minimum Gasteiger partial charge on any atom is -0.483 e. The second kappa shape index (κ2) is 9.08. The molecule has 0 spiro atoms. The van der Waals surface area contributed by atoms with Gasteiger partial charge in [-0.25, -0.2) is 0 Å². The van der Waals surface area contributed by atoms with E-state index in [0.717, 1.165) is 55.9 Å². The lowest BCUT2D eigenvalue weighted by Crippen LogP contribution is -2.21. The first-order valence-electron chi connectivity index (χ1n) is 10.7. The van der Waals surface area contributed by atoms with Crippen LogP contribution in [0.5, 0.6) is 5.75 Å². The molecule has 2 aromatic heterocycles. The van der Waals surface area contributed by atoms with Crippen LogP contribution in [0.2, 0.25) is 0 Å². The molecule has 7 nitrogen and oxygen atoms in total. The summed E-state index contributed by atoms with van der Waals surface area (Å²) in [4.78, 5) is 13.4. The van der Waals surface area contributed by atoms with Crippen LogP contribution in [0.1, 0.15) is 49.2 Å². The summed E-state index contributed by atoms with van der Waals surface area (Å²) in [6.45, 7) is 10.2. The van der Waals surface area contributed by atoms with Crippen LogP contribution in [-0.2, 0) is 11.2 Å². The van der Waals surface area contributed by atoms with E-state index in [1.807, 2.05) is 45.0 Å². The number of ether oxygens (including phenoxy) is 1. The summed E-state index contributed by atoms with van der Waals surface area (Å²) >= 11 is 1.47. The van der Waals surface area contributed by atoms with E-state index < -0.39 is 0 Å². The Hall–Kier alpha value is -3.26. The summed E-state index contributed by atoms with van der Waals surface area (Å²) in [7, 11) is 0. The van der Waals surface area contributed by atoms with Gasteiger partial charge in [0, 0.05) is 17.7 Å². The molecule has 4 rings (SSSR count). The van der Waals surface area contributed by atoms with Gasteiger partial charge in [0.2, 0.25) is 4.96 Å². The minimum absolute atomic E-state index is 0.0521. The highest BCUT2D eigenvalue weighted by Crippen LogP contribution is 2.30. The summed E-state index contributed by atoms with van der Waals surface area (Å²) in [5.74, 6) is 1.70. The van der Waals surface area contributed by atoms with Gasteiger partial charge >= 0.3 is 0 Å². The van der Waals surface area contributed by atoms with Crippen LogP contribution in [0.3, 0.4) is 0 Å². The maximum Gasteiger partial charge on any atom is 0.262 e. The molecule has 0 atom stereocenters. The van der Waals surface area contributed by atoms with Gasteiger partial charge in [-0.2, -0.15) is 9.61 Å². The number of carbonyl (C=O) groups is 1. The summed E-state index contributed by atoms with van der Waals surface area (Å²) in [6.07, 6.45) is 0.763. The average Bonchev–Trinajstić information content (AvgIpc) is 3.34. The first-order chi connectivity index (χ1) is 15.4. The third kappa shape index (κ3) is 4.50. The highest BCUT2D eigenvalue weighted by molar-refractivity contribution is 7.19. The van der Waals surface area contributed by atoms with Gasteiger partial charge in [-0.1, -0.05) is 56.4 Å². The van der Waals surface area contributed by atoms with Crippen molar-refractivity contribution in [3.63, 3.8) is 0 Å². The zero-order chi connectivity index (χ0) is 22.8. The molecule has 0 bridgehead atoms. The summed E-state index contributed by atoms with van der Waals surface area (Å²) in [5, 5.41) is 16.8. The fourth-order valence-corrected chi connectivity index (χ4v) is 4.31. The normalized spacial score (nSPS) is 11.3. The van der Waals surface area contributed by atoms with Crippen LogP contribution >= 0.6 is 11.3 Å². The van der Waals surface area contributed by atoms with Crippen LogP contribution in [0, 0.1) is 13.8 Å². The van der Waals surface area contributed by atoms with Crippen molar-refractivity contribution in [2.45, 2.75) is 47.0 Å². The van der Waals surface area contributed by atoms with Gasteiger partial charge < -0.3 is 10.1 Å². The molecule has 0 radical (unpaired) electrons. The van der Waals surface area contributed by atoms with Crippen molar-refractivity contribution < 1.29 is 9.53 Å². The second-order valence-electron chi connectivity index (χ2n) is 8.13. The second-order valence-corrected chi connectivity index (χ2v) is 9.09. The average molecular weight is 450 g/mol. The minimum atomic E-state index is -0.201. The maximum atomic E-state index is 12.7. The molecule has 0 aliphatic carbocycles. The highest BCUT2D eigenvalue weighted by atomic mass is 32.1. The number of anilines is 1. The molecule has 1 amide bonds. The quantitative estimate of drug-likeness (QED) is 0.421. The van der Waals surface area contributed by atoms with E-state index in [0.29, 0.717) is 5.92 Å². The number of rotatable bonds is 7. The molecule has 8 heteroatoms. The molecule has 0 unspecified atom stereocenters. The molecule has 2 aromatic carbocycles. The number of hydrogen-bond donors (Lipinski definition) is 1. The molecule has 166 valence electrons. The molecule has 32 heavy (non-hydrogen) atoms. The molecular formula is C24H27N5O2S. The predicted molar refractivity (Wildman–Crippen MR) is 128 cm³/mol. The van der Waals surface area contributed by atoms with Gasteiger partial charge in [-0.3, -0.25) is 4.79 Å². The Balaban J connectivity index is 1.50. The molecule has 0 fully saturated rings. The van der Waals surface area contributed by atoms with E-state index in [4.69, 9.17) is 4.74 Å². The zero-order valence-corrected chi connectivity index (χ0v) is 19.8. The van der Waals surface area contributed by atoms with Gasteiger partial charge in [-0.05, 0) is 48.6 Å². The largest absolute Gasteiger partial charge is 0.483 e. The Morgan fingerprint density at radius 2 is 1.97 bits per heavy atom. The van der Waals surface area contributed by atoms with Crippen LogP contribution in [-0.4, -0.2) is 32.3 Å². The first-order valence-corrected chi connectivity index (χ1v) is 11.5. The first kappa shape index (κ1) is 22.0. The Bertz CT molecular complexity index is 1270. The number of nitrogens with one attached hydrogen (secondary N) is 1. The fourth-order valence-electron chi connectivity index (χ4n) is 3.46. The molecule has 1 N–H and O–H groups in total. The van der Waals surface area contributed by atoms with Gasteiger partial charge in [0.05, 0.1) is 0 Å². The van der Waals surface area contributed by atoms with Crippen molar-refractivity contribution in [3.05, 3.63) is 58.9 Å². The van der Waals surface area contributed by atoms with E-state index in [1.54, 1.807) is 4.52 Å². The number of hydrogen-bond acceptors (Lipinski definition) is 6. The van der Waals surface area contributed by atoms with Crippen molar-refractivity contribution in [3.8, 4) is 16.3 Å². The number of aromatic nitrogens is 4. The van der Waals surface area contributed by atoms with Gasteiger partial charge in [0.1, 0.15) is 10.8 Å². The molecule has 0 saturated heterocycles. The Kier molecular flexibility index (Phi) is 6.23. The number of carbonyl (C=O) groups excluding carboxylic acids is 1. The monoisotopic (exact) mass is 449 g/mol. The number of amides is 1. The Labute approximate surface area is 191 Å². The molecule has 0 saturated carbocycles. The Morgan fingerprint density at radius 3 is 2.72 bits per heavy atom. The molecule has 2 heterocycles. The number of aryl methyl sites for hydroxylation is 3. The van der Waals surface area contributed by atoms with E-state index in [1.165, 1.54) is 11.3 Å². The highest BCUT2D eigenvalue weighted by Gasteiger charge is 2.15. The summed E-state index contributed by atoms with van der Waals surface area (Å²) in [6, 6.07) is 12.0. The van der Waals surface area contributed by atoms with Gasteiger partial charge in [0.25, 0.3) is 5.91 Å². The van der Waals surface area contributed by atoms with Crippen molar-refractivity contribution in [2.24, 2.45) is 0 Å². The zero-order valence-electron chi connectivity index (χ0n) is 19.0. The smallest absolute Gasteiger partial charge is 0.262 e. The number of benzene rings is 2. The van der Waals surface area contributed by atoms with E-state index in [2.05, 4.69) is 46.6 Å². The SMILES string of the molecule is CCc1nnc2sc(-c3ccc(C)c(NC(=O)COc4cc(C)ccc4C(C)C)c3)nn12. The molecule has 0 aliphatic heterocycles. The van der Waals surface area contributed by atoms with E-state index in [-0.39, 0.29) is 12.5 Å². The topological polar surface area (TPSA) is 81.4 Å². The molecule has 4 aromatic rings. The number of fused-ring (bicyclic) bond motifs is 1. The van der Waals surface area contributed by atoms with Crippen LogP contribution in [0.25, 0.3) is 15.5 Å². The lowest BCUT2D eigenvalue weighted by molar-refractivity contribution is -0.118. The standard InChI is InChI=1S/C24H27N5O2S/c1-6-21-26-27-24-29(21)28-23(32-24)17-9-8-16(5)19(12-17)25-22(30)13-31-20-11-15(4)7-10-18(20)14(2)3/h7-12,14H,6,13H2,1-5H3,(H,25,30). The fraction of sp³-hybridized carbons (Fsp3) is 0.333. The predicted octanol–water partition coefficient (Wildman–Crippen LogP) is 5.17. The Morgan fingerprint density at radius 1 is 1.16 bits per heavy atom. The third-order valence-corrected chi connectivity index (χ3v) is 6.23. The maximum absolute atomic E-state index is 12.7. The summed E-state index contributed by atoms with van der Waals surface area (Å²) in [5.41, 5.74) is 4.83. The third-order valence-electron chi connectivity index (χ3n) is 5.28. The lowest BCUT2D eigenvalue weighted by atomic mass is 10.0. The number of nitrogens with zero attached hydrogens (tertiary/aromatic N) is 4. The molecule has 0 aliphatic rings. The van der Waals surface area contributed by atoms with Crippen molar-refractivity contribution >= 4 is 27.9 Å². The lowest BCUT2D eigenvalue weighted by Gasteiger charge is -2.15. The van der Waals surface area contributed by atoms with Crippen LogP contribution < -0.4 is 10.1 Å². The van der Waals surface area contributed by atoms with Crippen LogP contribution in [0.15, 0.2) is 36.4 Å². The molecular weight excluding hydrogens is 422 g/mol. The van der Waals surface area contributed by atoms with Gasteiger partial charge in [0.15, 0.2) is 12.4 Å². The van der Waals surface area contributed by atoms with E-state index >= 15 is 0 Å². The summed E-state index contributed by atoms with van der Waals surface area (Å²) < 4.78 is 7.66. The van der Waals surface area contributed by atoms with Crippen molar-refractivity contribution in [1.29, 1.82) is 0 Å². The van der Waals surface area contributed by atoms with Crippen molar-refractivity contribution in [1.82, 2.24) is 19.8 Å². The van der Waals surface area contributed by atoms with Crippen LogP contribution in [0.4, 0.5) is 5.69 Å². The van der Waals surface area contributed by atoms with Gasteiger partial charge in [-0.15, -0.1) is 10.2 Å².